The standard InChI is InChI=1S/C20H17ClN4OS2/c1-11(2)25-10-12(3-8-18(25)26)19-20(24-17(22)9-23-19)15-5-4-13(27-15)14-6-7-16(21)28-14/h3-11H,1-2H3,(H2,22,24). The van der Waals surface area contributed by atoms with Crippen LogP contribution < -0.4 is 11.3 Å². The van der Waals surface area contributed by atoms with Gasteiger partial charge in [0, 0.05) is 33.6 Å². The summed E-state index contributed by atoms with van der Waals surface area (Å²) in [6, 6.07) is 11.3. The lowest BCUT2D eigenvalue weighted by atomic mass is 10.1. The molecule has 4 aromatic heterocycles. The SMILES string of the molecule is CC(C)n1cc(-c2ncc(N)nc2-c2ccc(-c3ccc(Cl)s3)s2)ccc1=O. The van der Waals surface area contributed by atoms with Gasteiger partial charge in [-0.2, -0.15) is 0 Å². The van der Waals surface area contributed by atoms with E-state index in [2.05, 4.69) is 9.97 Å². The molecule has 4 aromatic rings. The lowest BCUT2D eigenvalue weighted by Crippen LogP contribution is -2.20. The molecule has 0 radical (unpaired) electrons. The summed E-state index contributed by atoms with van der Waals surface area (Å²) in [6.45, 7) is 3.94. The molecule has 0 aliphatic rings. The molecule has 0 amide bonds. The molecule has 0 atom stereocenters. The van der Waals surface area contributed by atoms with E-state index in [1.807, 2.05) is 44.3 Å². The van der Waals surface area contributed by atoms with Gasteiger partial charge in [0.2, 0.25) is 0 Å². The third-order valence-electron chi connectivity index (χ3n) is 4.21. The maximum Gasteiger partial charge on any atom is 0.250 e. The molecule has 0 fully saturated rings. The average Bonchev–Trinajstić information content (AvgIpc) is 3.31. The molecule has 0 unspecified atom stereocenters. The van der Waals surface area contributed by atoms with Crippen molar-refractivity contribution >= 4 is 40.1 Å². The van der Waals surface area contributed by atoms with Gasteiger partial charge in [0.05, 0.1) is 21.1 Å². The maximum absolute atomic E-state index is 12.1. The van der Waals surface area contributed by atoms with Crippen molar-refractivity contribution in [1.29, 1.82) is 0 Å². The minimum absolute atomic E-state index is 0.0447. The van der Waals surface area contributed by atoms with Crippen LogP contribution >= 0.6 is 34.3 Å². The van der Waals surface area contributed by atoms with Crippen molar-refractivity contribution in [2.75, 3.05) is 5.73 Å². The quantitative estimate of drug-likeness (QED) is 0.460. The van der Waals surface area contributed by atoms with E-state index in [1.54, 1.807) is 28.0 Å². The van der Waals surface area contributed by atoms with Gasteiger partial charge in [-0.3, -0.25) is 9.78 Å². The average molecular weight is 429 g/mol. The number of nitrogen functional groups attached to an aromatic ring is 1. The second kappa shape index (κ2) is 7.50. The Morgan fingerprint density at radius 1 is 1.00 bits per heavy atom. The predicted octanol–water partition coefficient (Wildman–Crippen LogP) is 5.58. The molecule has 0 saturated carbocycles. The van der Waals surface area contributed by atoms with Crippen molar-refractivity contribution in [3.63, 3.8) is 0 Å². The van der Waals surface area contributed by atoms with Crippen LogP contribution in [0.5, 0.6) is 0 Å². The van der Waals surface area contributed by atoms with Crippen LogP contribution in [0.25, 0.3) is 31.6 Å². The number of halogens is 1. The van der Waals surface area contributed by atoms with Crippen LogP contribution in [0.15, 0.2) is 53.6 Å². The first-order chi connectivity index (χ1) is 13.4. The van der Waals surface area contributed by atoms with E-state index in [0.717, 1.165) is 24.5 Å². The molecule has 28 heavy (non-hydrogen) atoms. The highest BCUT2D eigenvalue weighted by Crippen LogP contribution is 2.40. The van der Waals surface area contributed by atoms with E-state index in [4.69, 9.17) is 17.3 Å². The van der Waals surface area contributed by atoms with Gasteiger partial charge in [-0.25, -0.2) is 4.98 Å². The van der Waals surface area contributed by atoms with Crippen LogP contribution in [0.4, 0.5) is 5.82 Å². The third kappa shape index (κ3) is 3.61. The molecule has 4 heterocycles. The largest absolute Gasteiger partial charge is 0.382 e. The van der Waals surface area contributed by atoms with Gasteiger partial charge in [-0.15, -0.1) is 22.7 Å². The number of rotatable bonds is 4. The minimum Gasteiger partial charge on any atom is -0.382 e. The number of nitrogens with zero attached hydrogens (tertiary/aromatic N) is 3. The first-order valence-electron chi connectivity index (χ1n) is 8.63. The summed E-state index contributed by atoms with van der Waals surface area (Å²) in [6.07, 6.45) is 3.36. The third-order valence-corrected chi connectivity index (χ3v) is 6.73. The Bertz CT molecular complexity index is 1210. The summed E-state index contributed by atoms with van der Waals surface area (Å²) in [5, 5.41) is 0. The number of anilines is 1. The highest BCUT2D eigenvalue weighted by molar-refractivity contribution is 7.25. The van der Waals surface area contributed by atoms with Gasteiger partial charge >= 0.3 is 0 Å². The molecule has 4 rings (SSSR count). The van der Waals surface area contributed by atoms with E-state index >= 15 is 0 Å². The molecular formula is C20H17ClN4OS2. The smallest absolute Gasteiger partial charge is 0.250 e. The minimum atomic E-state index is -0.0447. The second-order valence-electron chi connectivity index (χ2n) is 6.52. The van der Waals surface area contributed by atoms with Crippen LogP contribution in [0, 0.1) is 0 Å². The molecule has 0 aliphatic heterocycles. The highest BCUT2D eigenvalue weighted by atomic mass is 35.5. The van der Waals surface area contributed by atoms with Crippen molar-refractivity contribution in [2.24, 2.45) is 0 Å². The normalized spacial score (nSPS) is 11.3. The van der Waals surface area contributed by atoms with Crippen LogP contribution in [0.1, 0.15) is 19.9 Å². The fraction of sp³-hybridized carbons (Fsp3) is 0.150. The molecule has 0 saturated heterocycles. The second-order valence-corrected chi connectivity index (χ2v) is 9.32. The van der Waals surface area contributed by atoms with Crippen molar-refractivity contribution < 1.29 is 0 Å². The zero-order chi connectivity index (χ0) is 19.8. The van der Waals surface area contributed by atoms with Crippen molar-refractivity contribution in [1.82, 2.24) is 14.5 Å². The lowest BCUT2D eigenvalue weighted by molar-refractivity contribution is 0.579. The number of thiophene rings is 2. The van der Waals surface area contributed by atoms with Crippen molar-refractivity contribution in [3.8, 4) is 31.6 Å². The van der Waals surface area contributed by atoms with E-state index in [-0.39, 0.29) is 11.6 Å². The molecule has 2 N–H and O–H groups in total. The number of pyridine rings is 1. The Hall–Kier alpha value is -2.48. The Labute approximate surface area is 175 Å². The molecular weight excluding hydrogens is 412 g/mol. The highest BCUT2D eigenvalue weighted by Gasteiger charge is 2.16. The van der Waals surface area contributed by atoms with Gasteiger partial charge in [-0.1, -0.05) is 11.6 Å². The molecule has 0 aromatic carbocycles. The zero-order valence-corrected chi connectivity index (χ0v) is 17.6. The summed E-state index contributed by atoms with van der Waals surface area (Å²) in [5.41, 5.74) is 8.10. The molecule has 5 nitrogen and oxygen atoms in total. The van der Waals surface area contributed by atoms with Crippen LogP contribution in [-0.4, -0.2) is 14.5 Å². The van der Waals surface area contributed by atoms with Gasteiger partial charge in [-0.05, 0) is 44.2 Å². The van der Waals surface area contributed by atoms with Gasteiger partial charge in [0.1, 0.15) is 11.5 Å². The molecule has 0 spiro atoms. The summed E-state index contributed by atoms with van der Waals surface area (Å²) in [5.74, 6) is 0.352. The van der Waals surface area contributed by atoms with Crippen molar-refractivity contribution in [3.05, 3.63) is 63.5 Å². The first-order valence-corrected chi connectivity index (χ1v) is 10.6. The van der Waals surface area contributed by atoms with Crippen LogP contribution in [-0.2, 0) is 0 Å². The summed E-state index contributed by atoms with van der Waals surface area (Å²) in [7, 11) is 0. The molecule has 0 bridgehead atoms. The van der Waals surface area contributed by atoms with Crippen LogP contribution in [0.2, 0.25) is 4.34 Å². The van der Waals surface area contributed by atoms with Gasteiger partial charge in [0.25, 0.3) is 5.56 Å². The Morgan fingerprint density at radius 3 is 2.43 bits per heavy atom. The number of hydrogen-bond acceptors (Lipinski definition) is 6. The lowest BCUT2D eigenvalue weighted by Gasteiger charge is -2.13. The Morgan fingerprint density at radius 2 is 1.71 bits per heavy atom. The van der Waals surface area contributed by atoms with E-state index in [9.17, 15) is 4.79 Å². The molecule has 8 heteroatoms. The first kappa shape index (κ1) is 18.9. The summed E-state index contributed by atoms with van der Waals surface area (Å²) < 4.78 is 2.44. The van der Waals surface area contributed by atoms with E-state index in [1.165, 1.54) is 17.5 Å². The van der Waals surface area contributed by atoms with E-state index < -0.39 is 0 Å². The monoisotopic (exact) mass is 428 g/mol. The van der Waals surface area contributed by atoms with Gasteiger partial charge < -0.3 is 10.3 Å². The Kier molecular flexibility index (Phi) is 5.05. The molecule has 0 aliphatic carbocycles. The fourth-order valence-electron chi connectivity index (χ4n) is 2.88. The van der Waals surface area contributed by atoms with E-state index in [0.29, 0.717) is 17.2 Å². The summed E-state index contributed by atoms with van der Waals surface area (Å²) >= 11 is 9.22. The maximum atomic E-state index is 12.1. The summed E-state index contributed by atoms with van der Waals surface area (Å²) in [4.78, 5) is 24.4. The number of aromatic nitrogens is 3. The Balaban J connectivity index is 1.83. The predicted molar refractivity (Wildman–Crippen MR) is 118 cm³/mol. The zero-order valence-electron chi connectivity index (χ0n) is 15.2. The van der Waals surface area contributed by atoms with Crippen LogP contribution in [0.3, 0.4) is 0 Å². The topological polar surface area (TPSA) is 73.8 Å². The number of hydrogen-bond donors (Lipinski definition) is 1. The fourth-order valence-corrected chi connectivity index (χ4v) is 5.01. The molecule has 142 valence electrons. The van der Waals surface area contributed by atoms with Gasteiger partial charge in [0.15, 0.2) is 0 Å². The number of nitrogens with two attached hydrogens (primary N) is 1. The van der Waals surface area contributed by atoms with Crippen molar-refractivity contribution in [2.45, 2.75) is 19.9 Å².